The van der Waals surface area contributed by atoms with Gasteiger partial charge in [-0.25, -0.2) is 13.4 Å². The van der Waals surface area contributed by atoms with Gasteiger partial charge in [-0.2, -0.15) is 0 Å². The highest BCUT2D eigenvalue weighted by atomic mass is 32.2. The number of nitrogens with one attached hydrogen (secondary N) is 2. The van der Waals surface area contributed by atoms with E-state index in [0.717, 1.165) is 23.0 Å². The molecule has 0 bridgehead atoms. The Morgan fingerprint density at radius 3 is 2.35 bits per heavy atom. The Kier molecular flexibility index (Phi) is 9.71. The summed E-state index contributed by atoms with van der Waals surface area (Å²) < 4.78 is 33.8. The third-order valence-corrected chi connectivity index (χ3v) is 9.54. The Balaban J connectivity index is 0.909. The fourth-order valence-corrected chi connectivity index (χ4v) is 6.55. The van der Waals surface area contributed by atoms with Crippen molar-refractivity contribution in [1.82, 2.24) is 40.2 Å². The standard InChI is InChI=1S/C38H34N8O5S/c1-52(49,50)30-11-6-10-29(22-30)51-38-27(9-7-17-41-38)23-42-36(47)26-16-19-39-33(21-26)37(48)40-18-8-20-45-24-28(43-44-45)25-46-34-14-4-2-12-31(34)32-13-3-5-15-35(32)46/h2-7,9-17,19,21-22,24H,8,18,20,23,25H2,1H3,(H,40,48)(H,42,47). The Morgan fingerprint density at radius 2 is 1.58 bits per heavy atom. The van der Waals surface area contributed by atoms with Crippen LogP contribution in [0, 0.1) is 0 Å². The van der Waals surface area contributed by atoms with Gasteiger partial charge in [-0.3, -0.25) is 19.3 Å². The van der Waals surface area contributed by atoms with E-state index in [9.17, 15) is 18.0 Å². The number of hydrogen-bond donors (Lipinski definition) is 2. The fraction of sp³-hybridized carbons (Fsp3) is 0.158. The summed E-state index contributed by atoms with van der Waals surface area (Å²) >= 11 is 0. The van der Waals surface area contributed by atoms with Crippen LogP contribution in [-0.4, -0.2) is 62.6 Å². The van der Waals surface area contributed by atoms with Crippen LogP contribution >= 0.6 is 0 Å². The molecule has 0 unspecified atom stereocenters. The van der Waals surface area contributed by atoms with E-state index in [1.54, 1.807) is 28.9 Å². The first kappa shape index (κ1) is 34.1. The van der Waals surface area contributed by atoms with Crippen molar-refractivity contribution in [1.29, 1.82) is 0 Å². The number of carbonyl (C=O) groups is 2. The molecule has 13 nitrogen and oxygen atoms in total. The molecule has 52 heavy (non-hydrogen) atoms. The normalized spacial score (nSPS) is 11.5. The van der Waals surface area contributed by atoms with Crippen LogP contribution in [0.4, 0.5) is 0 Å². The second-order valence-corrected chi connectivity index (χ2v) is 14.1. The van der Waals surface area contributed by atoms with Crippen molar-refractivity contribution in [2.75, 3.05) is 12.8 Å². The van der Waals surface area contributed by atoms with Crippen molar-refractivity contribution >= 4 is 43.5 Å². The van der Waals surface area contributed by atoms with E-state index in [1.165, 1.54) is 47.4 Å². The molecule has 3 aromatic carbocycles. The van der Waals surface area contributed by atoms with Gasteiger partial charge >= 0.3 is 0 Å². The number of hydrogen-bond acceptors (Lipinski definition) is 9. The zero-order valence-corrected chi connectivity index (χ0v) is 29.0. The molecule has 4 aromatic heterocycles. The molecule has 0 aliphatic rings. The summed E-state index contributed by atoms with van der Waals surface area (Å²) in [6, 6.07) is 29.1. The number of rotatable bonds is 13. The molecule has 0 spiro atoms. The number of aryl methyl sites for hydroxylation is 1. The van der Waals surface area contributed by atoms with Gasteiger partial charge in [-0.15, -0.1) is 5.10 Å². The van der Waals surface area contributed by atoms with Crippen LogP contribution in [0.15, 0.2) is 121 Å². The third kappa shape index (κ3) is 7.66. The number of nitrogens with zero attached hydrogens (tertiary/aromatic N) is 6. The number of ether oxygens (including phenoxy) is 1. The highest BCUT2D eigenvalue weighted by Crippen LogP contribution is 2.29. The number of benzene rings is 3. The maximum atomic E-state index is 13.0. The zero-order valence-electron chi connectivity index (χ0n) is 28.1. The number of para-hydroxylation sites is 2. The van der Waals surface area contributed by atoms with Gasteiger partial charge in [-0.05, 0) is 55.0 Å². The number of fused-ring (bicyclic) bond motifs is 3. The molecule has 0 saturated carbocycles. The minimum absolute atomic E-state index is 0.0697. The maximum absolute atomic E-state index is 13.0. The summed E-state index contributed by atoms with van der Waals surface area (Å²) in [6.07, 6.45) is 6.59. The van der Waals surface area contributed by atoms with Crippen LogP contribution in [0.3, 0.4) is 0 Å². The molecular weight excluding hydrogens is 681 g/mol. The molecule has 7 aromatic rings. The molecule has 262 valence electrons. The highest BCUT2D eigenvalue weighted by Gasteiger charge is 2.15. The number of carbonyl (C=O) groups excluding carboxylic acids is 2. The minimum atomic E-state index is -3.42. The largest absolute Gasteiger partial charge is 0.439 e. The summed E-state index contributed by atoms with van der Waals surface area (Å²) in [6.45, 7) is 1.58. The van der Waals surface area contributed by atoms with Gasteiger partial charge in [-0.1, -0.05) is 53.7 Å². The molecule has 2 N–H and O–H groups in total. The molecule has 0 radical (unpaired) electrons. The zero-order chi connectivity index (χ0) is 36.1. The van der Waals surface area contributed by atoms with Crippen LogP contribution < -0.4 is 15.4 Å². The molecule has 0 atom stereocenters. The Bertz CT molecular complexity index is 2480. The molecule has 0 saturated heterocycles. The Morgan fingerprint density at radius 1 is 0.808 bits per heavy atom. The minimum Gasteiger partial charge on any atom is -0.439 e. The monoisotopic (exact) mass is 714 g/mol. The van der Waals surface area contributed by atoms with E-state index in [-0.39, 0.29) is 28.6 Å². The Hall–Kier alpha value is -6.41. The van der Waals surface area contributed by atoms with Gasteiger partial charge in [0.1, 0.15) is 17.1 Å². The van der Waals surface area contributed by atoms with E-state index >= 15 is 0 Å². The fourth-order valence-electron chi connectivity index (χ4n) is 5.89. The smallest absolute Gasteiger partial charge is 0.269 e. The molecule has 0 aliphatic carbocycles. The van der Waals surface area contributed by atoms with Crippen molar-refractivity contribution in [2.45, 2.75) is 31.0 Å². The summed E-state index contributed by atoms with van der Waals surface area (Å²) in [5, 5.41) is 16.7. The quantitative estimate of drug-likeness (QED) is 0.154. The molecule has 0 fully saturated rings. The summed E-state index contributed by atoms with van der Waals surface area (Å²) in [7, 11) is -3.42. The van der Waals surface area contributed by atoms with Gasteiger partial charge in [0, 0.05) is 71.2 Å². The summed E-state index contributed by atoms with van der Waals surface area (Å²) in [5.74, 6) is -0.318. The van der Waals surface area contributed by atoms with Gasteiger partial charge in [0.25, 0.3) is 11.8 Å². The molecular formula is C38H34N8O5S. The van der Waals surface area contributed by atoms with E-state index in [1.807, 2.05) is 30.5 Å². The van der Waals surface area contributed by atoms with Crippen LogP contribution in [0.1, 0.15) is 38.5 Å². The summed E-state index contributed by atoms with van der Waals surface area (Å²) in [5.41, 5.74) is 4.05. The lowest BCUT2D eigenvalue weighted by Gasteiger charge is -2.12. The van der Waals surface area contributed by atoms with Crippen molar-refractivity contribution < 1.29 is 22.7 Å². The Labute approximate surface area is 299 Å². The van der Waals surface area contributed by atoms with Crippen molar-refractivity contribution in [3.8, 4) is 11.6 Å². The first-order chi connectivity index (χ1) is 25.2. The van der Waals surface area contributed by atoms with E-state index in [4.69, 9.17) is 4.74 Å². The second kappa shape index (κ2) is 14.8. The predicted molar refractivity (Wildman–Crippen MR) is 195 cm³/mol. The number of amides is 2. The molecule has 2 amide bonds. The first-order valence-electron chi connectivity index (χ1n) is 16.5. The molecule has 0 aliphatic heterocycles. The number of sulfone groups is 1. The van der Waals surface area contributed by atoms with E-state index in [2.05, 4.69) is 59.7 Å². The summed E-state index contributed by atoms with van der Waals surface area (Å²) in [4.78, 5) is 34.5. The van der Waals surface area contributed by atoms with Gasteiger partial charge < -0.3 is 19.9 Å². The van der Waals surface area contributed by atoms with Crippen LogP contribution in [0.25, 0.3) is 21.8 Å². The van der Waals surface area contributed by atoms with Crippen LogP contribution in [0.2, 0.25) is 0 Å². The van der Waals surface area contributed by atoms with Crippen molar-refractivity contribution in [3.05, 3.63) is 138 Å². The lowest BCUT2D eigenvalue weighted by Crippen LogP contribution is -2.27. The predicted octanol–water partition coefficient (Wildman–Crippen LogP) is 5.17. The van der Waals surface area contributed by atoms with Crippen molar-refractivity contribution in [2.24, 2.45) is 0 Å². The van der Waals surface area contributed by atoms with Crippen LogP contribution in [0.5, 0.6) is 11.6 Å². The average molecular weight is 715 g/mol. The molecule has 4 heterocycles. The number of pyridine rings is 2. The third-order valence-electron chi connectivity index (χ3n) is 8.43. The van der Waals surface area contributed by atoms with Gasteiger partial charge in [0.2, 0.25) is 5.88 Å². The first-order valence-corrected chi connectivity index (χ1v) is 18.4. The second-order valence-electron chi connectivity index (χ2n) is 12.1. The average Bonchev–Trinajstić information content (AvgIpc) is 3.75. The topological polar surface area (TPSA) is 163 Å². The molecule has 14 heteroatoms. The van der Waals surface area contributed by atoms with E-state index < -0.39 is 21.7 Å². The maximum Gasteiger partial charge on any atom is 0.269 e. The van der Waals surface area contributed by atoms with E-state index in [0.29, 0.717) is 37.4 Å². The van der Waals surface area contributed by atoms with Gasteiger partial charge in [0.15, 0.2) is 9.84 Å². The lowest BCUT2D eigenvalue weighted by molar-refractivity contribution is 0.0947. The highest BCUT2D eigenvalue weighted by molar-refractivity contribution is 7.90. The SMILES string of the molecule is CS(=O)(=O)c1cccc(Oc2ncccc2CNC(=O)c2ccnc(C(=O)NCCCn3cc(Cn4c5ccccc5c5ccccc54)nn3)c2)c1. The number of aromatic nitrogens is 6. The van der Waals surface area contributed by atoms with Crippen molar-refractivity contribution in [3.63, 3.8) is 0 Å². The van der Waals surface area contributed by atoms with Gasteiger partial charge in [0.05, 0.1) is 17.6 Å². The van der Waals surface area contributed by atoms with Crippen LogP contribution in [-0.2, 0) is 29.5 Å². The lowest BCUT2D eigenvalue weighted by atomic mass is 10.2. The molecule has 7 rings (SSSR count).